The Kier molecular flexibility index (Phi) is 6.41. The Labute approximate surface area is 138 Å². The molecule has 1 N–H and O–H groups in total. The number of halogens is 3. The average Bonchev–Trinajstić information content (AvgIpc) is 2.44. The van der Waals surface area contributed by atoms with Gasteiger partial charge in [0.15, 0.2) is 6.29 Å². The van der Waals surface area contributed by atoms with Crippen molar-refractivity contribution in [3.05, 3.63) is 34.9 Å². The van der Waals surface area contributed by atoms with Crippen LogP contribution in [0.2, 0.25) is 0 Å². The maximum absolute atomic E-state index is 12.6. The van der Waals surface area contributed by atoms with Crippen LogP contribution in [0.15, 0.2) is 18.2 Å². The summed E-state index contributed by atoms with van der Waals surface area (Å²) in [6.45, 7) is 5.42. The monoisotopic (exact) mass is 341 g/mol. The van der Waals surface area contributed by atoms with Crippen molar-refractivity contribution in [1.29, 1.82) is 0 Å². The van der Waals surface area contributed by atoms with Crippen molar-refractivity contribution in [2.24, 2.45) is 0 Å². The van der Waals surface area contributed by atoms with Crippen LogP contribution in [-0.4, -0.2) is 24.5 Å². The Morgan fingerprint density at radius 2 is 1.96 bits per heavy atom. The third kappa shape index (κ3) is 6.73. The van der Waals surface area contributed by atoms with Crippen LogP contribution in [0.3, 0.4) is 0 Å². The Bertz CT molecular complexity index is 664. The highest BCUT2D eigenvalue weighted by Crippen LogP contribution is 2.30. The fourth-order valence-electron chi connectivity index (χ4n) is 1.65. The average molecular weight is 341 g/mol. The first-order valence-corrected chi connectivity index (χ1v) is 7.15. The highest BCUT2D eigenvalue weighted by Gasteiger charge is 2.30. The molecule has 0 aliphatic heterocycles. The van der Waals surface area contributed by atoms with E-state index in [2.05, 4.69) is 17.2 Å². The summed E-state index contributed by atoms with van der Waals surface area (Å²) in [6, 6.07) is 2.78. The molecule has 0 bridgehead atoms. The second-order valence-corrected chi connectivity index (χ2v) is 5.90. The van der Waals surface area contributed by atoms with Gasteiger partial charge in [-0.2, -0.15) is 13.2 Å². The van der Waals surface area contributed by atoms with Crippen molar-refractivity contribution in [2.75, 3.05) is 6.54 Å². The number of carbonyl (C=O) groups is 2. The molecular formula is C17H18F3NO3. The van der Waals surface area contributed by atoms with Crippen LogP contribution in [-0.2, 0) is 10.9 Å². The predicted molar refractivity (Wildman–Crippen MR) is 82.6 cm³/mol. The molecule has 1 amide bonds. The molecule has 4 nitrogen and oxygen atoms in total. The van der Waals surface area contributed by atoms with E-state index in [1.807, 2.05) is 0 Å². The van der Waals surface area contributed by atoms with Gasteiger partial charge in [-0.05, 0) is 39.0 Å². The zero-order chi connectivity index (χ0) is 18.4. The summed E-state index contributed by atoms with van der Waals surface area (Å²) in [5, 5.41) is 2.50. The molecule has 7 heteroatoms. The molecule has 0 atom stereocenters. The molecule has 1 aromatic carbocycles. The van der Waals surface area contributed by atoms with E-state index in [1.165, 1.54) is 0 Å². The molecule has 0 spiro atoms. The maximum Gasteiger partial charge on any atom is 0.416 e. The lowest BCUT2D eigenvalue weighted by Crippen LogP contribution is -2.32. The number of amides is 1. The number of hydrogen-bond donors (Lipinski definition) is 1. The van der Waals surface area contributed by atoms with E-state index in [0.29, 0.717) is 6.29 Å². The lowest BCUT2D eigenvalue weighted by molar-refractivity contribution is -0.137. The van der Waals surface area contributed by atoms with E-state index < -0.39 is 23.4 Å². The highest BCUT2D eigenvalue weighted by atomic mass is 19.4. The number of aldehydes is 1. The van der Waals surface area contributed by atoms with E-state index in [1.54, 1.807) is 20.8 Å². The standard InChI is InChI=1S/C17H18F3NO3/c1-16(2,3)24-15(23)21-9-5-4-6-12-7-8-14(17(18,19)20)10-13(12)11-22/h7-8,10-11H,5,9H2,1-3H3,(H,21,23). The quantitative estimate of drug-likeness (QED) is 0.517. The van der Waals surface area contributed by atoms with Gasteiger partial charge in [0.25, 0.3) is 0 Å². The number of nitrogens with one attached hydrogen (secondary N) is 1. The van der Waals surface area contributed by atoms with Gasteiger partial charge >= 0.3 is 12.3 Å². The first-order chi connectivity index (χ1) is 11.0. The van der Waals surface area contributed by atoms with Crippen molar-refractivity contribution in [1.82, 2.24) is 5.32 Å². The number of rotatable bonds is 3. The topological polar surface area (TPSA) is 55.4 Å². The fourth-order valence-corrected chi connectivity index (χ4v) is 1.65. The molecule has 1 rings (SSSR count). The van der Waals surface area contributed by atoms with Gasteiger partial charge in [0.1, 0.15) is 5.60 Å². The molecule has 1 aromatic rings. The van der Waals surface area contributed by atoms with Gasteiger partial charge in [-0.1, -0.05) is 11.8 Å². The predicted octanol–water partition coefficient (Wildman–Crippen LogP) is 3.78. The molecule has 130 valence electrons. The number of alkyl carbamates (subject to hydrolysis) is 1. The summed E-state index contributed by atoms with van der Waals surface area (Å²) in [5.41, 5.74) is -1.43. The number of hydrogen-bond acceptors (Lipinski definition) is 3. The summed E-state index contributed by atoms with van der Waals surface area (Å²) in [7, 11) is 0. The molecule has 0 unspecified atom stereocenters. The zero-order valence-electron chi connectivity index (χ0n) is 13.6. The molecule has 0 radical (unpaired) electrons. The van der Waals surface area contributed by atoms with Crippen molar-refractivity contribution in [2.45, 2.75) is 39.0 Å². The Hall–Kier alpha value is -2.49. The van der Waals surface area contributed by atoms with Gasteiger partial charge in [-0.25, -0.2) is 4.79 Å². The lowest BCUT2D eigenvalue weighted by Gasteiger charge is -2.19. The second-order valence-electron chi connectivity index (χ2n) is 5.90. The van der Waals surface area contributed by atoms with Gasteiger partial charge in [-0.3, -0.25) is 4.79 Å². The number of ether oxygens (including phenoxy) is 1. The minimum absolute atomic E-state index is 0.127. The number of carbonyl (C=O) groups excluding carboxylic acids is 2. The van der Waals surface area contributed by atoms with E-state index in [-0.39, 0.29) is 24.1 Å². The third-order valence-corrected chi connectivity index (χ3v) is 2.65. The van der Waals surface area contributed by atoms with Gasteiger partial charge in [0.05, 0.1) is 5.56 Å². The largest absolute Gasteiger partial charge is 0.444 e. The Morgan fingerprint density at radius 1 is 1.29 bits per heavy atom. The van der Waals surface area contributed by atoms with E-state index in [9.17, 15) is 22.8 Å². The molecule has 0 heterocycles. The molecule has 0 saturated heterocycles. The molecule has 0 aromatic heterocycles. The van der Waals surface area contributed by atoms with Gasteiger partial charge in [0.2, 0.25) is 0 Å². The smallest absolute Gasteiger partial charge is 0.416 e. The summed E-state index contributed by atoms with van der Waals surface area (Å²) in [6.07, 6.45) is -4.50. The first-order valence-electron chi connectivity index (χ1n) is 7.15. The van der Waals surface area contributed by atoms with Crippen molar-refractivity contribution in [3.8, 4) is 11.8 Å². The van der Waals surface area contributed by atoms with Crippen molar-refractivity contribution >= 4 is 12.4 Å². The summed E-state index contributed by atoms with van der Waals surface area (Å²) in [4.78, 5) is 22.3. The van der Waals surface area contributed by atoms with Crippen LogP contribution in [0.1, 0.15) is 48.7 Å². The zero-order valence-corrected chi connectivity index (χ0v) is 13.6. The first kappa shape index (κ1) is 19.6. The molecular weight excluding hydrogens is 323 g/mol. The highest BCUT2D eigenvalue weighted by molar-refractivity contribution is 5.79. The molecule has 0 aliphatic rings. The number of alkyl halides is 3. The minimum atomic E-state index is -4.51. The van der Waals surface area contributed by atoms with Crippen molar-refractivity contribution in [3.63, 3.8) is 0 Å². The van der Waals surface area contributed by atoms with Crippen LogP contribution in [0.4, 0.5) is 18.0 Å². The normalized spacial score (nSPS) is 11.2. The van der Waals surface area contributed by atoms with Crippen molar-refractivity contribution < 1.29 is 27.5 Å². The Balaban J connectivity index is 2.64. The third-order valence-electron chi connectivity index (χ3n) is 2.65. The SMILES string of the molecule is CC(C)(C)OC(=O)NCCC#Cc1ccc(C(F)(F)F)cc1C=O. The van der Waals surface area contributed by atoms with E-state index in [0.717, 1.165) is 18.2 Å². The molecule has 0 saturated carbocycles. The fraction of sp³-hybridized carbons (Fsp3) is 0.412. The van der Waals surface area contributed by atoms with Gasteiger partial charge < -0.3 is 10.1 Å². The Morgan fingerprint density at radius 3 is 2.50 bits per heavy atom. The van der Waals surface area contributed by atoms with E-state index in [4.69, 9.17) is 4.74 Å². The number of benzene rings is 1. The maximum atomic E-state index is 12.6. The summed E-state index contributed by atoms with van der Waals surface area (Å²) in [5.74, 6) is 5.32. The lowest BCUT2D eigenvalue weighted by atomic mass is 10.0. The second kappa shape index (κ2) is 7.86. The summed E-state index contributed by atoms with van der Waals surface area (Å²) >= 11 is 0. The van der Waals surface area contributed by atoms with E-state index >= 15 is 0 Å². The van der Waals surface area contributed by atoms with Crippen LogP contribution in [0, 0.1) is 11.8 Å². The van der Waals surface area contributed by atoms with Gasteiger partial charge in [0, 0.05) is 24.1 Å². The van der Waals surface area contributed by atoms with Crippen LogP contribution in [0.5, 0.6) is 0 Å². The molecule has 0 fully saturated rings. The minimum Gasteiger partial charge on any atom is -0.444 e. The van der Waals surface area contributed by atoms with Crippen LogP contribution >= 0.6 is 0 Å². The summed E-state index contributed by atoms with van der Waals surface area (Å²) < 4.78 is 42.8. The van der Waals surface area contributed by atoms with Crippen LogP contribution in [0.25, 0.3) is 0 Å². The molecule has 24 heavy (non-hydrogen) atoms. The van der Waals surface area contributed by atoms with Crippen LogP contribution < -0.4 is 5.32 Å². The molecule has 0 aliphatic carbocycles. The van der Waals surface area contributed by atoms with Gasteiger partial charge in [-0.15, -0.1) is 0 Å².